The summed E-state index contributed by atoms with van der Waals surface area (Å²) in [5.41, 5.74) is 0.255. The van der Waals surface area contributed by atoms with Crippen LogP contribution in [0.5, 0.6) is 0 Å². The Kier molecular flexibility index (Phi) is 4.48. The number of rotatable bonds is 4. The maximum Gasteiger partial charge on any atom is 0.0697 e. The fourth-order valence-electron chi connectivity index (χ4n) is 3.62. The summed E-state index contributed by atoms with van der Waals surface area (Å²) in [6.45, 7) is 7.91. The minimum absolute atomic E-state index is 0.255. The van der Waals surface area contributed by atoms with Gasteiger partial charge < -0.3 is 10.1 Å². The van der Waals surface area contributed by atoms with E-state index in [-0.39, 0.29) is 5.60 Å². The summed E-state index contributed by atoms with van der Waals surface area (Å²) in [4.78, 5) is 0. The average Bonchev–Trinajstić information content (AvgIpc) is 2.74. The third kappa shape index (κ3) is 3.23. The molecular formula is C15H29NO. The van der Waals surface area contributed by atoms with Crippen molar-refractivity contribution in [1.29, 1.82) is 0 Å². The van der Waals surface area contributed by atoms with E-state index in [9.17, 15) is 0 Å². The molecule has 2 atom stereocenters. The monoisotopic (exact) mass is 239 g/mol. The number of hydrogen-bond acceptors (Lipinski definition) is 2. The lowest BCUT2D eigenvalue weighted by molar-refractivity contribution is -0.0853. The zero-order chi connectivity index (χ0) is 12.3. The van der Waals surface area contributed by atoms with Gasteiger partial charge in [-0.15, -0.1) is 0 Å². The third-order valence-corrected chi connectivity index (χ3v) is 4.70. The predicted octanol–water partition coefficient (Wildman–Crippen LogP) is 3.50. The molecule has 2 fully saturated rings. The summed E-state index contributed by atoms with van der Waals surface area (Å²) in [5, 5.41) is 3.88. The van der Waals surface area contributed by atoms with E-state index in [1.54, 1.807) is 0 Å². The van der Waals surface area contributed by atoms with Crippen LogP contribution in [-0.2, 0) is 4.74 Å². The van der Waals surface area contributed by atoms with Crippen molar-refractivity contribution in [2.75, 3.05) is 6.61 Å². The molecule has 17 heavy (non-hydrogen) atoms. The molecule has 1 saturated carbocycles. The van der Waals surface area contributed by atoms with Crippen molar-refractivity contribution in [1.82, 2.24) is 5.32 Å². The van der Waals surface area contributed by atoms with Gasteiger partial charge in [-0.05, 0) is 38.0 Å². The van der Waals surface area contributed by atoms with Crippen molar-refractivity contribution < 1.29 is 4.74 Å². The standard InChI is InChI=1S/C15H29NO/c1-4-14(12(2)3)16-13-7-10-17-15(11-13)8-5-6-9-15/h12-14,16H,4-11H2,1-3H3. The molecule has 1 saturated heterocycles. The van der Waals surface area contributed by atoms with E-state index < -0.39 is 0 Å². The molecule has 0 aromatic rings. The van der Waals surface area contributed by atoms with E-state index in [4.69, 9.17) is 4.74 Å². The van der Waals surface area contributed by atoms with E-state index in [0.29, 0.717) is 12.1 Å². The zero-order valence-electron chi connectivity index (χ0n) is 11.8. The minimum atomic E-state index is 0.255. The van der Waals surface area contributed by atoms with Crippen molar-refractivity contribution in [3.05, 3.63) is 0 Å². The Balaban J connectivity index is 1.88. The van der Waals surface area contributed by atoms with Gasteiger partial charge in [0, 0.05) is 18.7 Å². The molecule has 100 valence electrons. The summed E-state index contributed by atoms with van der Waals surface area (Å²) in [5.74, 6) is 0.738. The van der Waals surface area contributed by atoms with Crippen LogP contribution in [0.2, 0.25) is 0 Å². The summed E-state index contributed by atoms with van der Waals surface area (Å²) in [7, 11) is 0. The second-order valence-electron chi connectivity index (χ2n) is 6.35. The predicted molar refractivity (Wildman–Crippen MR) is 72.2 cm³/mol. The molecule has 2 rings (SSSR count). The van der Waals surface area contributed by atoms with Crippen LogP contribution < -0.4 is 5.32 Å². The van der Waals surface area contributed by atoms with Gasteiger partial charge in [0.05, 0.1) is 5.60 Å². The first-order chi connectivity index (χ1) is 8.15. The van der Waals surface area contributed by atoms with E-state index >= 15 is 0 Å². The minimum Gasteiger partial charge on any atom is -0.375 e. The molecule has 1 heterocycles. The van der Waals surface area contributed by atoms with Crippen LogP contribution in [0.3, 0.4) is 0 Å². The van der Waals surface area contributed by atoms with Crippen LogP contribution in [0.15, 0.2) is 0 Å². The molecule has 1 spiro atoms. The molecule has 0 amide bonds. The molecule has 0 radical (unpaired) electrons. The lowest BCUT2D eigenvalue weighted by Crippen LogP contribution is -2.49. The Morgan fingerprint density at radius 1 is 1.29 bits per heavy atom. The van der Waals surface area contributed by atoms with Crippen molar-refractivity contribution in [2.24, 2.45) is 5.92 Å². The van der Waals surface area contributed by atoms with Crippen LogP contribution in [0.4, 0.5) is 0 Å². The summed E-state index contributed by atoms with van der Waals surface area (Å²) < 4.78 is 6.09. The SMILES string of the molecule is CCC(NC1CCOC2(CCCC2)C1)C(C)C. The van der Waals surface area contributed by atoms with Crippen LogP contribution in [0.25, 0.3) is 0 Å². The highest BCUT2D eigenvalue weighted by atomic mass is 16.5. The van der Waals surface area contributed by atoms with Gasteiger partial charge in [0.25, 0.3) is 0 Å². The largest absolute Gasteiger partial charge is 0.375 e. The van der Waals surface area contributed by atoms with E-state index in [1.165, 1.54) is 44.9 Å². The molecule has 1 N–H and O–H groups in total. The highest BCUT2D eigenvalue weighted by Gasteiger charge is 2.40. The van der Waals surface area contributed by atoms with Gasteiger partial charge in [-0.2, -0.15) is 0 Å². The Morgan fingerprint density at radius 3 is 2.59 bits per heavy atom. The fourth-order valence-corrected chi connectivity index (χ4v) is 3.62. The van der Waals surface area contributed by atoms with Gasteiger partial charge in [-0.25, -0.2) is 0 Å². The smallest absolute Gasteiger partial charge is 0.0697 e. The number of ether oxygens (including phenoxy) is 1. The van der Waals surface area contributed by atoms with Gasteiger partial charge in [-0.3, -0.25) is 0 Å². The maximum atomic E-state index is 6.09. The van der Waals surface area contributed by atoms with E-state index in [0.717, 1.165) is 12.5 Å². The second-order valence-corrected chi connectivity index (χ2v) is 6.35. The van der Waals surface area contributed by atoms with Gasteiger partial charge in [-0.1, -0.05) is 33.6 Å². The van der Waals surface area contributed by atoms with Gasteiger partial charge in [0.2, 0.25) is 0 Å². The molecule has 2 aliphatic rings. The van der Waals surface area contributed by atoms with Gasteiger partial charge in [0.15, 0.2) is 0 Å². The molecule has 0 aromatic carbocycles. The quantitative estimate of drug-likeness (QED) is 0.810. The van der Waals surface area contributed by atoms with Crippen molar-refractivity contribution in [3.63, 3.8) is 0 Å². The lowest BCUT2D eigenvalue weighted by Gasteiger charge is -2.40. The first kappa shape index (κ1) is 13.4. The highest BCUT2D eigenvalue weighted by Crippen LogP contribution is 2.40. The van der Waals surface area contributed by atoms with E-state index in [1.807, 2.05) is 0 Å². The lowest BCUT2D eigenvalue weighted by atomic mass is 9.87. The van der Waals surface area contributed by atoms with Crippen LogP contribution in [0.1, 0.15) is 65.7 Å². The Bertz CT molecular complexity index is 233. The molecule has 0 bridgehead atoms. The summed E-state index contributed by atoms with van der Waals surface area (Å²) in [6.07, 6.45) is 9.01. The highest BCUT2D eigenvalue weighted by molar-refractivity contribution is 4.94. The van der Waals surface area contributed by atoms with Gasteiger partial charge in [0.1, 0.15) is 0 Å². The summed E-state index contributed by atoms with van der Waals surface area (Å²) in [6, 6.07) is 1.37. The molecule has 2 nitrogen and oxygen atoms in total. The van der Waals surface area contributed by atoms with Crippen molar-refractivity contribution >= 4 is 0 Å². The Morgan fingerprint density at radius 2 is 2.00 bits per heavy atom. The maximum absolute atomic E-state index is 6.09. The fraction of sp³-hybridized carbons (Fsp3) is 1.00. The first-order valence-corrected chi connectivity index (χ1v) is 7.55. The molecule has 2 unspecified atom stereocenters. The topological polar surface area (TPSA) is 21.3 Å². The van der Waals surface area contributed by atoms with Crippen LogP contribution >= 0.6 is 0 Å². The molecule has 0 aromatic heterocycles. The summed E-state index contributed by atoms with van der Waals surface area (Å²) >= 11 is 0. The molecule has 1 aliphatic carbocycles. The Hall–Kier alpha value is -0.0800. The van der Waals surface area contributed by atoms with Gasteiger partial charge >= 0.3 is 0 Å². The average molecular weight is 239 g/mol. The zero-order valence-corrected chi connectivity index (χ0v) is 11.8. The molecule has 2 heteroatoms. The normalized spacial score (nSPS) is 30.0. The second kappa shape index (κ2) is 5.71. The number of nitrogens with one attached hydrogen (secondary N) is 1. The first-order valence-electron chi connectivity index (χ1n) is 7.55. The van der Waals surface area contributed by atoms with Crippen LogP contribution in [0, 0.1) is 5.92 Å². The number of hydrogen-bond donors (Lipinski definition) is 1. The molecule has 1 aliphatic heterocycles. The molecular weight excluding hydrogens is 210 g/mol. The van der Waals surface area contributed by atoms with Crippen molar-refractivity contribution in [3.8, 4) is 0 Å². The van der Waals surface area contributed by atoms with Crippen LogP contribution in [-0.4, -0.2) is 24.3 Å². The third-order valence-electron chi connectivity index (χ3n) is 4.70. The van der Waals surface area contributed by atoms with E-state index in [2.05, 4.69) is 26.1 Å². The van der Waals surface area contributed by atoms with Crippen molar-refractivity contribution in [2.45, 2.75) is 83.4 Å². The Labute approximate surface area is 107 Å².